The Morgan fingerprint density at radius 2 is 1.86 bits per heavy atom. The highest BCUT2D eigenvalue weighted by Crippen LogP contribution is 2.46. The van der Waals surface area contributed by atoms with E-state index in [1.807, 2.05) is 60.8 Å². The number of aldehydes is 1. The number of anilines is 3. The van der Waals surface area contributed by atoms with E-state index >= 15 is 0 Å². The Bertz CT molecular complexity index is 1260. The molecule has 1 saturated carbocycles. The van der Waals surface area contributed by atoms with Gasteiger partial charge in [-0.05, 0) is 68.0 Å². The second-order valence-electron chi connectivity index (χ2n) is 9.78. The summed E-state index contributed by atoms with van der Waals surface area (Å²) >= 11 is 0. The van der Waals surface area contributed by atoms with Gasteiger partial charge in [0.15, 0.2) is 0 Å². The monoisotopic (exact) mass is 496 g/mol. The van der Waals surface area contributed by atoms with Crippen molar-refractivity contribution in [3.05, 3.63) is 84.7 Å². The molecule has 1 aromatic heterocycles. The Morgan fingerprint density at radius 1 is 1.08 bits per heavy atom. The first kappa shape index (κ1) is 24.7. The van der Waals surface area contributed by atoms with Crippen molar-refractivity contribution in [1.29, 1.82) is 0 Å². The third-order valence-electron chi connectivity index (χ3n) is 7.61. The van der Waals surface area contributed by atoms with E-state index < -0.39 is 6.04 Å². The second kappa shape index (κ2) is 10.9. The van der Waals surface area contributed by atoms with E-state index in [0.29, 0.717) is 24.7 Å². The van der Waals surface area contributed by atoms with Crippen molar-refractivity contribution in [2.45, 2.75) is 44.1 Å². The zero-order chi connectivity index (χ0) is 25.8. The molecule has 3 unspecified atom stereocenters. The molecule has 4 atom stereocenters. The molecule has 3 aromatic rings. The van der Waals surface area contributed by atoms with Gasteiger partial charge in [0.05, 0.1) is 18.8 Å². The van der Waals surface area contributed by atoms with Gasteiger partial charge in [-0.3, -0.25) is 4.79 Å². The standard InChI is InChI=1S/C30H32N4O3/c1-3-27-26-18-31-30(32-22-7-5-4-6-8-22)33-29(26)25(21-10-9-20(17-21)19-35)15-16-28(36)34(27)23-11-13-24(37-2)14-12-23/h3-8,11-14,18-21,25,27H,1,9-10,15-17H2,2H3,(H,31,32,33)/t20?,21?,25?,27-/m0/s1. The lowest BCUT2D eigenvalue weighted by atomic mass is 9.80. The highest BCUT2D eigenvalue weighted by atomic mass is 16.5. The molecule has 1 amide bonds. The number of carbonyl (C=O) groups is 2. The molecule has 0 spiro atoms. The molecule has 2 aromatic carbocycles. The number of amides is 1. The molecule has 1 aliphatic carbocycles. The number of para-hydroxylation sites is 1. The number of carbonyl (C=O) groups excluding carboxylic acids is 2. The molecule has 2 heterocycles. The van der Waals surface area contributed by atoms with Gasteiger partial charge in [-0.25, -0.2) is 9.97 Å². The van der Waals surface area contributed by atoms with Crippen molar-refractivity contribution in [3.63, 3.8) is 0 Å². The SMILES string of the molecule is C=C[C@H]1c2cnc(Nc3ccccc3)nc2C(C2CCC(C=O)C2)CCC(=O)N1c1ccc(OC)cc1. The average Bonchev–Trinajstić information content (AvgIpc) is 3.41. The fraction of sp³-hybridized carbons (Fsp3) is 0.333. The highest BCUT2D eigenvalue weighted by molar-refractivity contribution is 5.95. The molecule has 190 valence electrons. The normalized spacial score (nSPS) is 23.5. The average molecular weight is 497 g/mol. The lowest BCUT2D eigenvalue weighted by molar-refractivity contribution is -0.119. The maximum absolute atomic E-state index is 13.6. The number of rotatable bonds is 7. The zero-order valence-electron chi connectivity index (χ0n) is 21.0. The van der Waals surface area contributed by atoms with Crippen LogP contribution in [-0.2, 0) is 9.59 Å². The van der Waals surface area contributed by atoms with Crippen LogP contribution in [0, 0.1) is 11.8 Å². The van der Waals surface area contributed by atoms with Crippen molar-refractivity contribution in [1.82, 2.24) is 9.97 Å². The maximum atomic E-state index is 13.6. The molecule has 7 nitrogen and oxygen atoms in total. The summed E-state index contributed by atoms with van der Waals surface area (Å²) in [6.07, 6.45) is 8.41. The van der Waals surface area contributed by atoms with Crippen molar-refractivity contribution in [3.8, 4) is 5.75 Å². The van der Waals surface area contributed by atoms with Crippen LogP contribution in [-0.4, -0.2) is 29.3 Å². The summed E-state index contributed by atoms with van der Waals surface area (Å²) in [6.45, 7) is 4.10. The number of benzene rings is 2. The Kier molecular flexibility index (Phi) is 7.30. The molecule has 5 rings (SSSR count). The van der Waals surface area contributed by atoms with Crippen molar-refractivity contribution < 1.29 is 14.3 Å². The summed E-state index contributed by atoms with van der Waals surface area (Å²) < 4.78 is 5.31. The number of nitrogens with one attached hydrogen (secondary N) is 1. The number of nitrogens with zero attached hydrogens (tertiary/aromatic N) is 3. The van der Waals surface area contributed by atoms with Crippen molar-refractivity contribution >= 4 is 29.5 Å². The summed E-state index contributed by atoms with van der Waals surface area (Å²) in [5, 5.41) is 3.32. The van der Waals surface area contributed by atoms with Crippen LogP contribution >= 0.6 is 0 Å². The van der Waals surface area contributed by atoms with Gasteiger partial charge in [0.1, 0.15) is 12.0 Å². The van der Waals surface area contributed by atoms with Crippen LogP contribution in [0.3, 0.4) is 0 Å². The summed E-state index contributed by atoms with van der Waals surface area (Å²) in [4.78, 5) is 36.7. The van der Waals surface area contributed by atoms with Gasteiger partial charge in [-0.15, -0.1) is 6.58 Å². The van der Waals surface area contributed by atoms with Gasteiger partial charge in [0.25, 0.3) is 0 Å². The minimum atomic E-state index is -0.423. The predicted octanol–water partition coefficient (Wildman–Crippen LogP) is 5.98. The topological polar surface area (TPSA) is 84.4 Å². The van der Waals surface area contributed by atoms with E-state index in [2.05, 4.69) is 16.9 Å². The summed E-state index contributed by atoms with van der Waals surface area (Å²) in [5.41, 5.74) is 3.48. The van der Waals surface area contributed by atoms with Crippen LogP contribution in [0.25, 0.3) is 0 Å². The number of hydrogen-bond acceptors (Lipinski definition) is 6. The maximum Gasteiger partial charge on any atom is 0.227 e. The van der Waals surface area contributed by atoms with E-state index in [-0.39, 0.29) is 17.7 Å². The predicted molar refractivity (Wildman–Crippen MR) is 144 cm³/mol. The van der Waals surface area contributed by atoms with E-state index in [1.165, 1.54) is 0 Å². The molecule has 2 aliphatic rings. The first-order valence-corrected chi connectivity index (χ1v) is 12.8. The molecule has 0 saturated heterocycles. The number of fused-ring (bicyclic) bond motifs is 1. The van der Waals surface area contributed by atoms with Gasteiger partial charge in [0.2, 0.25) is 11.9 Å². The Labute approximate surface area is 217 Å². The summed E-state index contributed by atoms with van der Waals surface area (Å²) in [5.74, 6) is 1.70. The van der Waals surface area contributed by atoms with Crippen LogP contribution in [0.5, 0.6) is 5.75 Å². The molecular formula is C30H32N4O3. The van der Waals surface area contributed by atoms with E-state index in [0.717, 1.165) is 53.9 Å². The Morgan fingerprint density at radius 3 is 2.54 bits per heavy atom. The summed E-state index contributed by atoms with van der Waals surface area (Å²) in [7, 11) is 1.62. The molecule has 1 fully saturated rings. The fourth-order valence-corrected chi connectivity index (χ4v) is 5.75. The molecule has 0 bridgehead atoms. The van der Waals surface area contributed by atoms with Gasteiger partial charge < -0.3 is 19.7 Å². The quantitative estimate of drug-likeness (QED) is 0.320. The fourth-order valence-electron chi connectivity index (χ4n) is 5.75. The van der Waals surface area contributed by atoms with Crippen molar-refractivity contribution in [2.75, 3.05) is 17.3 Å². The van der Waals surface area contributed by atoms with Gasteiger partial charge in [-0.2, -0.15) is 0 Å². The first-order valence-electron chi connectivity index (χ1n) is 12.8. The molecule has 37 heavy (non-hydrogen) atoms. The van der Waals surface area contributed by atoms with Gasteiger partial charge >= 0.3 is 0 Å². The largest absolute Gasteiger partial charge is 0.497 e. The molecule has 0 radical (unpaired) electrons. The smallest absolute Gasteiger partial charge is 0.227 e. The van der Waals surface area contributed by atoms with Crippen LogP contribution in [0.4, 0.5) is 17.3 Å². The number of hydrogen-bond donors (Lipinski definition) is 1. The lowest BCUT2D eigenvalue weighted by Gasteiger charge is -2.36. The van der Waals surface area contributed by atoms with Gasteiger partial charge in [0, 0.05) is 41.4 Å². The lowest BCUT2D eigenvalue weighted by Crippen LogP contribution is -2.37. The highest BCUT2D eigenvalue weighted by Gasteiger charge is 2.38. The number of aromatic nitrogens is 2. The molecule has 7 heteroatoms. The van der Waals surface area contributed by atoms with Crippen LogP contribution in [0.1, 0.15) is 55.3 Å². The van der Waals surface area contributed by atoms with Gasteiger partial charge in [-0.1, -0.05) is 24.3 Å². The van der Waals surface area contributed by atoms with Crippen LogP contribution in [0.15, 0.2) is 73.4 Å². The molecular weight excluding hydrogens is 464 g/mol. The number of methoxy groups -OCH3 is 1. The Balaban J connectivity index is 1.59. The first-order chi connectivity index (χ1) is 18.1. The minimum Gasteiger partial charge on any atom is -0.497 e. The molecule has 1 N–H and O–H groups in total. The van der Waals surface area contributed by atoms with E-state index in [4.69, 9.17) is 9.72 Å². The van der Waals surface area contributed by atoms with Crippen LogP contribution < -0.4 is 15.0 Å². The minimum absolute atomic E-state index is 0.0298. The second-order valence-corrected chi connectivity index (χ2v) is 9.78. The zero-order valence-corrected chi connectivity index (χ0v) is 21.0. The third kappa shape index (κ3) is 5.12. The van der Waals surface area contributed by atoms with Crippen molar-refractivity contribution in [2.24, 2.45) is 11.8 Å². The third-order valence-corrected chi connectivity index (χ3v) is 7.61. The molecule has 1 aliphatic heterocycles. The number of ether oxygens (including phenoxy) is 1. The van der Waals surface area contributed by atoms with E-state index in [1.54, 1.807) is 18.1 Å². The Hall–Kier alpha value is -4.00. The summed E-state index contributed by atoms with van der Waals surface area (Å²) in [6, 6.07) is 16.9. The van der Waals surface area contributed by atoms with Crippen LogP contribution in [0.2, 0.25) is 0 Å². The van der Waals surface area contributed by atoms with E-state index in [9.17, 15) is 9.59 Å².